The van der Waals surface area contributed by atoms with Crippen molar-refractivity contribution in [1.82, 2.24) is 9.97 Å². The average Bonchev–Trinajstić information content (AvgIpc) is 3.33. The lowest BCUT2D eigenvalue weighted by Crippen LogP contribution is -2.30. The molecule has 1 amide bonds. The van der Waals surface area contributed by atoms with Crippen molar-refractivity contribution in [1.29, 1.82) is 0 Å². The Morgan fingerprint density at radius 3 is 2.52 bits per heavy atom. The molecule has 2 N–H and O–H groups in total. The fraction of sp³-hybridized carbons (Fsp3) is 0.0800. The maximum atomic E-state index is 13.8. The molecule has 3 aromatic carbocycles. The van der Waals surface area contributed by atoms with Gasteiger partial charge in [0.15, 0.2) is 0 Å². The first kappa shape index (κ1) is 20.6. The highest BCUT2D eigenvalue weighted by Crippen LogP contribution is 2.41. The van der Waals surface area contributed by atoms with Crippen LogP contribution < -0.4 is 4.90 Å². The van der Waals surface area contributed by atoms with E-state index in [1.165, 1.54) is 43.3 Å². The molecular weight excluding hydrogens is 428 g/mol. The SMILES string of the molecule is Cc1cc(/C(O)=C2\C(=O)C(=O)N(c3nc4ccc(F)cc4[nH]3)C2c2ccccc2)ccc1F. The molecule has 0 radical (unpaired) electrons. The predicted octanol–water partition coefficient (Wildman–Crippen LogP) is 4.78. The number of nitrogens with one attached hydrogen (secondary N) is 1. The summed E-state index contributed by atoms with van der Waals surface area (Å²) in [5.41, 5.74) is 1.66. The molecule has 2 heterocycles. The number of halogens is 2. The summed E-state index contributed by atoms with van der Waals surface area (Å²) in [7, 11) is 0. The second-order valence-corrected chi connectivity index (χ2v) is 7.77. The molecule has 1 atom stereocenters. The van der Waals surface area contributed by atoms with Gasteiger partial charge in [0, 0.05) is 5.56 Å². The van der Waals surface area contributed by atoms with E-state index in [1.807, 2.05) is 0 Å². The fourth-order valence-electron chi connectivity index (χ4n) is 4.03. The highest BCUT2D eigenvalue weighted by molar-refractivity contribution is 6.51. The zero-order valence-corrected chi connectivity index (χ0v) is 17.3. The molecule has 1 aliphatic heterocycles. The summed E-state index contributed by atoms with van der Waals surface area (Å²) >= 11 is 0. The Morgan fingerprint density at radius 1 is 1.03 bits per heavy atom. The summed E-state index contributed by atoms with van der Waals surface area (Å²) in [6.45, 7) is 1.53. The number of aliphatic hydroxyl groups excluding tert-OH is 1. The van der Waals surface area contributed by atoms with Crippen LogP contribution in [0.4, 0.5) is 14.7 Å². The third-order valence-electron chi connectivity index (χ3n) is 5.65. The normalized spacial score (nSPS) is 17.8. The molecule has 0 saturated carbocycles. The van der Waals surface area contributed by atoms with Gasteiger partial charge in [0.25, 0.3) is 5.78 Å². The van der Waals surface area contributed by atoms with Gasteiger partial charge in [-0.25, -0.2) is 13.8 Å². The minimum Gasteiger partial charge on any atom is -0.507 e. The molecule has 4 aromatic rings. The third-order valence-corrected chi connectivity index (χ3v) is 5.65. The Hall–Kier alpha value is -4.33. The third kappa shape index (κ3) is 3.36. The van der Waals surface area contributed by atoms with Gasteiger partial charge in [-0.3, -0.25) is 14.5 Å². The minimum atomic E-state index is -0.998. The molecule has 1 saturated heterocycles. The molecule has 8 heteroatoms. The number of hydrogen-bond acceptors (Lipinski definition) is 4. The van der Waals surface area contributed by atoms with Gasteiger partial charge < -0.3 is 10.1 Å². The van der Waals surface area contributed by atoms with E-state index in [9.17, 15) is 23.5 Å². The second kappa shape index (κ2) is 7.67. The van der Waals surface area contributed by atoms with Crippen LogP contribution in [0.5, 0.6) is 0 Å². The lowest BCUT2D eigenvalue weighted by Gasteiger charge is -2.23. The largest absolute Gasteiger partial charge is 0.507 e. The maximum Gasteiger partial charge on any atom is 0.302 e. The molecule has 6 nitrogen and oxygen atoms in total. The van der Waals surface area contributed by atoms with Crippen LogP contribution in [0.1, 0.15) is 22.7 Å². The van der Waals surface area contributed by atoms with Crippen LogP contribution in [0.2, 0.25) is 0 Å². The molecule has 1 fully saturated rings. The molecule has 5 rings (SSSR count). The smallest absolute Gasteiger partial charge is 0.302 e. The van der Waals surface area contributed by atoms with E-state index in [2.05, 4.69) is 9.97 Å². The van der Waals surface area contributed by atoms with Gasteiger partial charge in [0.1, 0.15) is 17.4 Å². The lowest BCUT2D eigenvalue weighted by molar-refractivity contribution is -0.132. The van der Waals surface area contributed by atoms with E-state index in [1.54, 1.807) is 30.3 Å². The number of H-pyrrole nitrogens is 1. The molecule has 1 aliphatic rings. The number of aryl methyl sites for hydroxylation is 1. The number of fused-ring (bicyclic) bond motifs is 1. The lowest BCUT2D eigenvalue weighted by atomic mass is 9.95. The van der Waals surface area contributed by atoms with Crippen molar-refractivity contribution in [3.63, 3.8) is 0 Å². The first-order chi connectivity index (χ1) is 15.8. The van der Waals surface area contributed by atoms with Gasteiger partial charge in [0.2, 0.25) is 5.95 Å². The van der Waals surface area contributed by atoms with Crippen LogP contribution >= 0.6 is 0 Å². The standard InChI is InChI=1S/C25H17F2N3O3/c1-13-11-15(7-9-17(13)27)22(31)20-21(14-5-3-2-4-6-14)30(24(33)23(20)32)25-28-18-10-8-16(26)12-19(18)29-25/h2-12,21,31H,1H3,(H,28,29)/b22-20+. The van der Waals surface area contributed by atoms with Gasteiger partial charge in [-0.15, -0.1) is 0 Å². The van der Waals surface area contributed by atoms with Crippen LogP contribution in [-0.2, 0) is 9.59 Å². The molecule has 0 bridgehead atoms. The van der Waals surface area contributed by atoms with Crippen LogP contribution in [0.15, 0.2) is 72.3 Å². The number of aromatic nitrogens is 2. The average molecular weight is 445 g/mol. The number of Topliss-reactive ketones (excluding diaryl/α,β-unsaturated/α-hetero) is 1. The van der Waals surface area contributed by atoms with Crippen molar-refractivity contribution in [2.24, 2.45) is 0 Å². The van der Waals surface area contributed by atoms with Crippen molar-refractivity contribution in [2.75, 3.05) is 4.90 Å². The van der Waals surface area contributed by atoms with Crippen LogP contribution in [0, 0.1) is 18.6 Å². The number of ketones is 1. The number of aromatic amines is 1. The predicted molar refractivity (Wildman–Crippen MR) is 118 cm³/mol. The van der Waals surface area contributed by atoms with Gasteiger partial charge in [-0.2, -0.15) is 0 Å². The van der Waals surface area contributed by atoms with Gasteiger partial charge in [-0.05, 0) is 54.4 Å². The van der Waals surface area contributed by atoms with E-state index in [0.717, 1.165) is 4.90 Å². The van der Waals surface area contributed by atoms with Gasteiger partial charge >= 0.3 is 5.91 Å². The summed E-state index contributed by atoms with van der Waals surface area (Å²) in [5.74, 6) is -3.12. The Morgan fingerprint density at radius 2 is 1.79 bits per heavy atom. The highest BCUT2D eigenvalue weighted by atomic mass is 19.1. The molecule has 0 aliphatic carbocycles. The number of amides is 1. The van der Waals surface area contributed by atoms with E-state index in [4.69, 9.17) is 0 Å². The molecule has 1 aromatic heterocycles. The van der Waals surface area contributed by atoms with E-state index < -0.39 is 35.1 Å². The summed E-state index contributed by atoms with van der Waals surface area (Å²) < 4.78 is 27.4. The Labute approximate surface area is 186 Å². The quantitative estimate of drug-likeness (QED) is 0.270. The number of imidazole rings is 1. The van der Waals surface area contributed by atoms with E-state index in [-0.39, 0.29) is 22.6 Å². The monoisotopic (exact) mass is 445 g/mol. The molecule has 164 valence electrons. The summed E-state index contributed by atoms with van der Waals surface area (Å²) in [4.78, 5) is 34.7. The number of carbonyl (C=O) groups excluding carboxylic acids is 2. The molecule has 0 spiro atoms. The van der Waals surface area contributed by atoms with Gasteiger partial charge in [0.05, 0.1) is 22.6 Å². The van der Waals surface area contributed by atoms with E-state index in [0.29, 0.717) is 16.6 Å². The van der Waals surface area contributed by atoms with Crippen molar-refractivity contribution in [2.45, 2.75) is 13.0 Å². The second-order valence-electron chi connectivity index (χ2n) is 7.77. The Kier molecular flexibility index (Phi) is 4.78. The van der Waals surface area contributed by atoms with Crippen LogP contribution in [0.25, 0.3) is 16.8 Å². The highest BCUT2D eigenvalue weighted by Gasteiger charge is 2.48. The summed E-state index contributed by atoms with van der Waals surface area (Å²) in [5, 5.41) is 11.1. The van der Waals surface area contributed by atoms with Crippen molar-refractivity contribution >= 4 is 34.4 Å². The minimum absolute atomic E-state index is 0.0425. The first-order valence-electron chi connectivity index (χ1n) is 10.1. The molecular formula is C25H17F2N3O3. The van der Waals surface area contributed by atoms with Gasteiger partial charge in [-0.1, -0.05) is 30.3 Å². The number of benzene rings is 3. The number of carbonyl (C=O) groups is 2. The molecule has 1 unspecified atom stereocenters. The number of aliphatic hydroxyl groups is 1. The summed E-state index contributed by atoms with van der Waals surface area (Å²) in [6, 6.07) is 15.6. The van der Waals surface area contributed by atoms with Crippen molar-refractivity contribution in [3.05, 3.63) is 101 Å². The summed E-state index contributed by atoms with van der Waals surface area (Å²) in [6.07, 6.45) is 0. The van der Waals surface area contributed by atoms with Crippen LogP contribution in [0.3, 0.4) is 0 Å². The Bertz CT molecular complexity index is 1460. The zero-order chi connectivity index (χ0) is 23.3. The van der Waals surface area contributed by atoms with Crippen molar-refractivity contribution < 1.29 is 23.5 Å². The Balaban J connectivity index is 1.73. The number of nitrogens with zero attached hydrogens (tertiary/aromatic N) is 2. The first-order valence-corrected chi connectivity index (χ1v) is 10.1. The fourth-order valence-corrected chi connectivity index (χ4v) is 4.03. The topological polar surface area (TPSA) is 86.3 Å². The van der Waals surface area contributed by atoms with E-state index >= 15 is 0 Å². The number of rotatable bonds is 3. The van der Waals surface area contributed by atoms with Crippen molar-refractivity contribution in [3.8, 4) is 0 Å². The zero-order valence-electron chi connectivity index (χ0n) is 17.3. The van der Waals surface area contributed by atoms with Crippen LogP contribution in [-0.4, -0.2) is 26.8 Å². The number of anilines is 1. The number of hydrogen-bond donors (Lipinski definition) is 2. The maximum absolute atomic E-state index is 13.8. The molecule has 33 heavy (non-hydrogen) atoms.